The minimum absolute atomic E-state index is 0.144. The van der Waals surface area contributed by atoms with E-state index >= 15 is 0 Å². The Balaban J connectivity index is 2.36. The van der Waals surface area contributed by atoms with Crippen LogP contribution in [0.4, 0.5) is 0 Å². The number of H-pyrrole nitrogens is 1. The third-order valence-corrected chi connectivity index (χ3v) is 3.96. The molecule has 0 saturated heterocycles. The van der Waals surface area contributed by atoms with Gasteiger partial charge in [0.2, 0.25) is 0 Å². The number of nitrogens with one attached hydrogen (secondary N) is 1. The molecule has 6 nitrogen and oxygen atoms in total. The Labute approximate surface area is 138 Å². The molecule has 3 aromatic rings. The molecule has 0 fully saturated rings. The van der Waals surface area contributed by atoms with Crippen LogP contribution in [0.5, 0.6) is 0 Å². The first-order chi connectivity index (χ1) is 11.5. The molecule has 0 aliphatic heterocycles. The normalized spacial score (nSPS) is 11.1. The number of hydrogen-bond acceptors (Lipinski definition) is 5. The van der Waals surface area contributed by atoms with Crippen LogP contribution in [0.3, 0.4) is 0 Å². The van der Waals surface area contributed by atoms with Gasteiger partial charge in [-0.05, 0) is 19.9 Å². The fraction of sp³-hybridized carbons (Fsp3) is 0.278. The van der Waals surface area contributed by atoms with Crippen molar-refractivity contribution in [2.75, 3.05) is 20.3 Å². The van der Waals surface area contributed by atoms with Gasteiger partial charge in [-0.1, -0.05) is 18.2 Å². The summed E-state index contributed by atoms with van der Waals surface area (Å²) in [6.07, 6.45) is 0. The number of aryl methyl sites for hydroxylation is 2. The molecular formula is C18H18N2O4. The van der Waals surface area contributed by atoms with Gasteiger partial charge in [-0.25, -0.2) is 4.79 Å². The maximum absolute atomic E-state index is 12.6. The Morgan fingerprint density at radius 2 is 1.88 bits per heavy atom. The summed E-state index contributed by atoms with van der Waals surface area (Å²) < 4.78 is 10.2. The largest absolute Gasteiger partial charge is 0.460 e. The second-order valence-corrected chi connectivity index (χ2v) is 5.54. The lowest BCUT2D eigenvalue weighted by atomic mass is 9.99. The summed E-state index contributed by atoms with van der Waals surface area (Å²) in [4.78, 5) is 32.3. The Hall–Kier alpha value is -2.73. The summed E-state index contributed by atoms with van der Waals surface area (Å²) in [6, 6.07) is 7.38. The summed E-state index contributed by atoms with van der Waals surface area (Å²) in [5.74, 6) is -0.502. The number of fused-ring (bicyclic) bond motifs is 3. The molecule has 2 heterocycles. The number of rotatable bonds is 4. The molecule has 6 heteroatoms. The van der Waals surface area contributed by atoms with Gasteiger partial charge in [0.1, 0.15) is 6.61 Å². The van der Waals surface area contributed by atoms with E-state index in [9.17, 15) is 9.59 Å². The summed E-state index contributed by atoms with van der Waals surface area (Å²) >= 11 is 0. The molecule has 0 amide bonds. The smallest absolute Gasteiger partial charge is 0.340 e. The van der Waals surface area contributed by atoms with Crippen LogP contribution in [-0.4, -0.2) is 36.3 Å². The number of aromatic nitrogens is 2. The second kappa shape index (κ2) is 6.41. The first kappa shape index (κ1) is 16.1. The maximum Gasteiger partial charge on any atom is 0.340 e. The monoisotopic (exact) mass is 326 g/mol. The van der Waals surface area contributed by atoms with Crippen molar-refractivity contribution in [3.63, 3.8) is 0 Å². The number of para-hydroxylation sites is 1. The van der Waals surface area contributed by atoms with Gasteiger partial charge in [0.15, 0.2) is 0 Å². The summed E-state index contributed by atoms with van der Waals surface area (Å²) in [5, 5.41) is 1.79. The van der Waals surface area contributed by atoms with Crippen molar-refractivity contribution < 1.29 is 14.3 Å². The van der Waals surface area contributed by atoms with E-state index in [0.717, 1.165) is 5.39 Å². The van der Waals surface area contributed by atoms with Gasteiger partial charge in [-0.2, -0.15) is 0 Å². The SMILES string of the molecule is COCCOC(=O)c1c(C)nc(C)c2c(=O)[nH]c3ccccc3c12. The number of methoxy groups -OCH3 is 1. The lowest BCUT2D eigenvalue weighted by molar-refractivity contribution is 0.0389. The lowest BCUT2D eigenvalue weighted by Gasteiger charge is -2.13. The van der Waals surface area contributed by atoms with E-state index in [1.54, 1.807) is 19.9 Å². The average Bonchev–Trinajstić information content (AvgIpc) is 2.54. The zero-order valence-corrected chi connectivity index (χ0v) is 13.8. The predicted molar refractivity (Wildman–Crippen MR) is 91.5 cm³/mol. The Bertz CT molecular complexity index is 992. The number of carbonyl (C=O) groups is 1. The van der Waals surface area contributed by atoms with Crippen molar-refractivity contribution in [1.82, 2.24) is 9.97 Å². The van der Waals surface area contributed by atoms with E-state index in [4.69, 9.17) is 9.47 Å². The number of hydrogen-bond donors (Lipinski definition) is 1. The third-order valence-electron chi connectivity index (χ3n) is 3.96. The van der Waals surface area contributed by atoms with E-state index in [1.807, 2.05) is 18.2 Å². The van der Waals surface area contributed by atoms with Crippen LogP contribution in [-0.2, 0) is 9.47 Å². The molecule has 0 unspecified atom stereocenters. The van der Waals surface area contributed by atoms with E-state index in [0.29, 0.717) is 39.8 Å². The Morgan fingerprint density at radius 1 is 1.12 bits per heavy atom. The van der Waals surface area contributed by atoms with Gasteiger partial charge in [0.05, 0.1) is 28.9 Å². The molecule has 3 rings (SSSR count). The van der Waals surface area contributed by atoms with Crippen LogP contribution >= 0.6 is 0 Å². The molecule has 2 aromatic heterocycles. The first-order valence-corrected chi connectivity index (χ1v) is 7.62. The zero-order chi connectivity index (χ0) is 17.3. The highest BCUT2D eigenvalue weighted by atomic mass is 16.6. The maximum atomic E-state index is 12.6. The van der Waals surface area contributed by atoms with Crippen molar-refractivity contribution in [1.29, 1.82) is 0 Å². The standard InChI is InChI=1S/C18H18N2O4/c1-10-14-16(12-6-4-5-7-13(12)20-17(14)21)15(11(2)19-10)18(22)24-9-8-23-3/h4-7H,8-9H2,1-3H3,(H,20,21). The summed E-state index contributed by atoms with van der Waals surface area (Å²) in [5.41, 5.74) is 1.86. The van der Waals surface area contributed by atoms with Gasteiger partial charge in [0, 0.05) is 23.4 Å². The zero-order valence-electron chi connectivity index (χ0n) is 13.8. The van der Waals surface area contributed by atoms with E-state index < -0.39 is 5.97 Å². The molecule has 24 heavy (non-hydrogen) atoms. The van der Waals surface area contributed by atoms with Crippen LogP contribution in [0.15, 0.2) is 29.1 Å². The number of ether oxygens (including phenoxy) is 2. The molecule has 0 saturated carbocycles. The lowest BCUT2D eigenvalue weighted by Crippen LogP contribution is -2.16. The number of aromatic amines is 1. The van der Waals surface area contributed by atoms with Crippen molar-refractivity contribution in [2.24, 2.45) is 0 Å². The number of nitrogens with zero attached hydrogens (tertiary/aromatic N) is 1. The van der Waals surface area contributed by atoms with E-state index in [-0.39, 0.29) is 12.2 Å². The Morgan fingerprint density at radius 3 is 2.62 bits per heavy atom. The van der Waals surface area contributed by atoms with Gasteiger partial charge in [0.25, 0.3) is 5.56 Å². The Kier molecular flexibility index (Phi) is 4.31. The molecule has 1 N–H and O–H groups in total. The van der Waals surface area contributed by atoms with Gasteiger partial charge in [-0.15, -0.1) is 0 Å². The van der Waals surface area contributed by atoms with Crippen molar-refractivity contribution >= 4 is 27.6 Å². The first-order valence-electron chi connectivity index (χ1n) is 7.62. The van der Waals surface area contributed by atoms with Crippen LogP contribution < -0.4 is 5.56 Å². The highest BCUT2D eigenvalue weighted by molar-refractivity contribution is 6.16. The van der Waals surface area contributed by atoms with Gasteiger partial charge < -0.3 is 14.5 Å². The molecule has 0 atom stereocenters. The summed E-state index contributed by atoms with van der Waals surface area (Å²) in [7, 11) is 1.54. The van der Waals surface area contributed by atoms with Crippen molar-refractivity contribution in [3.05, 3.63) is 51.6 Å². The number of esters is 1. The minimum atomic E-state index is -0.502. The van der Waals surface area contributed by atoms with Crippen LogP contribution in [0.25, 0.3) is 21.7 Å². The van der Waals surface area contributed by atoms with Crippen LogP contribution in [0, 0.1) is 13.8 Å². The second-order valence-electron chi connectivity index (χ2n) is 5.54. The van der Waals surface area contributed by atoms with Crippen LogP contribution in [0.1, 0.15) is 21.7 Å². The molecular weight excluding hydrogens is 308 g/mol. The predicted octanol–water partition coefficient (Wildman–Crippen LogP) is 2.50. The van der Waals surface area contributed by atoms with Gasteiger partial charge in [-0.3, -0.25) is 9.78 Å². The van der Waals surface area contributed by atoms with E-state index in [1.165, 1.54) is 7.11 Å². The molecule has 0 bridgehead atoms. The van der Waals surface area contributed by atoms with Crippen LogP contribution in [0.2, 0.25) is 0 Å². The fourth-order valence-electron chi connectivity index (χ4n) is 2.93. The minimum Gasteiger partial charge on any atom is -0.460 e. The third kappa shape index (κ3) is 2.65. The molecule has 0 aliphatic carbocycles. The number of carbonyl (C=O) groups excluding carboxylic acids is 1. The highest BCUT2D eigenvalue weighted by Gasteiger charge is 2.21. The molecule has 124 valence electrons. The average molecular weight is 326 g/mol. The topological polar surface area (TPSA) is 81.3 Å². The number of benzene rings is 1. The molecule has 0 aliphatic rings. The highest BCUT2D eigenvalue weighted by Crippen LogP contribution is 2.28. The summed E-state index contributed by atoms with van der Waals surface area (Å²) in [6.45, 7) is 3.96. The fourth-order valence-corrected chi connectivity index (χ4v) is 2.93. The molecule has 0 radical (unpaired) electrons. The molecule has 1 aromatic carbocycles. The number of pyridine rings is 2. The molecule has 0 spiro atoms. The van der Waals surface area contributed by atoms with Crippen molar-refractivity contribution in [2.45, 2.75) is 13.8 Å². The van der Waals surface area contributed by atoms with Gasteiger partial charge >= 0.3 is 5.97 Å². The van der Waals surface area contributed by atoms with Crippen molar-refractivity contribution in [3.8, 4) is 0 Å². The van der Waals surface area contributed by atoms with E-state index in [2.05, 4.69) is 9.97 Å². The quantitative estimate of drug-likeness (QED) is 0.452.